The molecule has 1 aromatic heterocycles. The van der Waals surface area contributed by atoms with Crippen LogP contribution in [0, 0.1) is 5.82 Å². The molecule has 0 aliphatic rings. The molecule has 0 saturated heterocycles. The first-order valence-corrected chi connectivity index (χ1v) is 6.00. The maximum absolute atomic E-state index is 13.0. The molecule has 0 amide bonds. The third-order valence-electron chi connectivity index (χ3n) is 2.05. The second-order valence-electron chi connectivity index (χ2n) is 3.33. The van der Waals surface area contributed by atoms with Crippen molar-refractivity contribution in [1.29, 1.82) is 0 Å². The summed E-state index contributed by atoms with van der Waals surface area (Å²) >= 11 is 9.10. The van der Waals surface area contributed by atoms with Crippen molar-refractivity contribution >= 4 is 27.5 Å². The summed E-state index contributed by atoms with van der Waals surface area (Å²) in [5.74, 6) is 0.0917. The highest BCUT2D eigenvalue weighted by Crippen LogP contribution is 2.26. The van der Waals surface area contributed by atoms with E-state index in [1.807, 2.05) is 0 Å². The summed E-state index contributed by atoms with van der Waals surface area (Å²) in [4.78, 5) is 4.09. The molecule has 0 atom stereocenters. The van der Waals surface area contributed by atoms with Crippen molar-refractivity contribution in [2.45, 2.75) is 6.61 Å². The van der Waals surface area contributed by atoms with Gasteiger partial charge < -0.3 is 4.74 Å². The maximum Gasteiger partial charge on any atom is 0.136 e. The lowest BCUT2D eigenvalue weighted by Gasteiger charge is -2.07. The first kappa shape index (κ1) is 12.3. The van der Waals surface area contributed by atoms with E-state index in [0.717, 1.165) is 0 Å². The fourth-order valence-electron chi connectivity index (χ4n) is 1.27. The van der Waals surface area contributed by atoms with Gasteiger partial charge in [0.2, 0.25) is 0 Å². The Morgan fingerprint density at radius 3 is 2.88 bits per heavy atom. The van der Waals surface area contributed by atoms with E-state index in [1.165, 1.54) is 12.1 Å². The smallest absolute Gasteiger partial charge is 0.136 e. The Bertz CT molecular complexity index is 536. The average Bonchev–Trinajstić information content (AvgIpc) is 2.30. The van der Waals surface area contributed by atoms with Crippen molar-refractivity contribution in [3.05, 3.63) is 57.5 Å². The Hall–Kier alpha value is -1.13. The van der Waals surface area contributed by atoms with E-state index in [2.05, 4.69) is 20.9 Å². The van der Waals surface area contributed by atoms with Gasteiger partial charge in [0.15, 0.2) is 0 Å². The van der Waals surface area contributed by atoms with Gasteiger partial charge in [-0.2, -0.15) is 0 Å². The van der Waals surface area contributed by atoms with Gasteiger partial charge in [-0.05, 0) is 40.2 Å². The molecule has 2 rings (SSSR count). The Balaban J connectivity index is 2.09. The van der Waals surface area contributed by atoms with E-state index in [0.29, 0.717) is 20.9 Å². The van der Waals surface area contributed by atoms with Gasteiger partial charge in [-0.1, -0.05) is 11.6 Å². The lowest BCUT2D eigenvalue weighted by Crippen LogP contribution is -1.98. The molecule has 0 radical (unpaired) electrons. The summed E-state index contributed by atoms with van der Waals surface area (Å²) in [6, 6.07) is 7.65. The SMILES string of the molecule is Fc1ccc(Br)c(OCc2cc(Cl)ccn2)c1. The van der Waals surface area contributed by atoms with Gasteiger partial charge in [0.05, 0.1) is 10.2 Å². The second-order valence-corrected chi connectivity index (χ2v) is 4.62. The van der Waals surface area contributed by atoms with Crippen LogP contribution in [-0.4, -0.2) is 4.98 Å². The molecule has 88 valence electrons. The molecule has 0 aliphatic carbocycles. The Morgan fingerprint density at radius 1 is 1.29 bits per heavy atom. The highest BCUT2D eigenvalue weighted by atomic mass is 79.9. The molecule has 0 aliphatic heterocycles. The molecule has 0 fully saturated rings. The minimum Gasteiger partial charge on any atom is -0.486 e. The highest BCUT2D eigenvalue weighted by Gasteiger charge is 2.04. The molecule has 0 saturated carbocycles. The Labute approximate surface area is 112 Å². The van der Waals surface area contributed by atoms with E-state index in [4.69, 9.17) is 16.3 Å². The summed E-state index contributed by atoms with van der Waals surface area (Å²) in [5, 5.41) is 0.594. The number of halogens is 3. The predicted octanol–water partition coefficient (Wildman–Crippen LogP) is 4.22. The van der Waals surface area contributed by atoms with Crippen LogP contribution in [0.5, 0.6) is 5.75 Å². The zero-order chi connectivity index (χ0) is 12.3. The third kappa shape index (κ3) is 3.41. The summed E-state index contributed by atoms with van der Waals surface area (Å²) in [7, 11) is 0. The molecule has 5 heteroatoms. The molecule has 2 nitrogen and oxygen atoms in total. The van der Waals surface area contributed by atoms with E-state index >= 15 is 0 Å². The number of benzene rings is 1. The van der Waals surface area contributed by atoms with Gasteiger partial charge in [-0.3, -0.25) is 4.98 Å². The summed E-state index contributed by atoms with van der Waals surface area (Å²) < 4.78 is 19.1. The van der Waals surface area contributed by atoms with Crippen molar-refractivity contribution in [1.82, 2.24) is 4.98 Å². The molecule has 17 heavy (non-hydrogen) atoms. The fraction of sp³-hybridized carbons (Fsp3) is 0.0833. The standard InChI is InChI=1S/C12H8BrClFNO/c13-11-2-1-9(15)6-12(11)17-7-10-5-8(14)3-4-16-10/h1-6H,7H2. The summed E-state index contributed by atoms with van der Waals surface area (Å²) in [6.07, 6.45) is 1.60. The van der Waals surface area contributed by atoms with Crippen LogP contribution in [0.2, 0.25) is 5.02 Å². The summed E-state index contributed by atoms with van der Waals surface area (Å²) in [6.45, 7) is 0.239. The number of pyridine rings is 1. The van der Waals surface area contributed by atoms with Crippen LogP contribution in [0.1, 0.15) is 5.69 Å². The molecule has 0 spiro atoms. The van der Waals surface area contributed by atoms with Crippen LogP contribution < -0.4 is 4.74 Å². The topological polar surface area (TPSA) is 22.1 Å². The lowest BCUT2D eigenvalue weighted by atomic mass is 10.3. The molecule has 0 unspecified atom stereocenters. The van der Waals surface area contributed by atoms with Crippen LogP contribution in [0.4, 0.5) is 4.39 Å². The molecular formula is C12H8BrClFNO. The zero-order valence-electron chi connectivity index (χ0n) is 8.66. The maximum atomic E-state index is 13.0. The van der Waals surface area contributed by atoms with E-state index in [1.54, 1.807) is 24.4 Å². The Morgan fingerprint density at radius 2 is 2.12 bits per heavy atom. The number of hydrogen-bond acceptors (Lipinski definition) is 2. The predicted molar refractivity (Wildman–Crippen MR) is 67.7 cm³/mol. The number of nitrogens with zero attached hydrogens (tertiary/aromatic N) is 1. The average molecular weight is 317 g/mol. The number of ether oxygens (including phenoxy) is 1. The molecule has 1 aromatic carbocycles. The van der Waals surface area contributed by atoms with Crippen LogP contribution >= 0.6 is 27.5 Å². The minimum absolute atomic E-state index is 0.239. The van der Waals surface area contributed by atoms with Gasteiger partial charge in [-0.15, -0.1) is 0 Å². The van der Waals surface area contributed by atoms with E-state index < -0.39 is 0 Å². The first-order chi connectivity index (χ1) is 8.15. The molecule has 1 heterocycles. The zero-order valence-corrected chi connectivity index (χ0v) is 11.0. The fourth-order valence-corrected chi connectivity index (χ4v) is 1.81. The molecule has 2 aromatic rings. The molecule has 0 bridgehead atoms. The van der Waals surface area contributed by atoms with E-state index in [9.17, 15) is 4.39 Å². The van der Waals surface area contributed by atoms with E-state index in [-0.39, 0.29) is 12.4 Å². The van der Waals surface area contributed by atoms with Crippen LogP contribution in [0.15, 0.2) is 41.0 Å². The molecule has 0 N–H and O–H groups in total. The second kappa shape index (κ2) is 5.47. The van der Waals surface area contributed by atoms with Crippen LogP contribution in [-0.2, 0) is 6.61 Å². The van der Waals surface area contributed by atoms with Crippen molar-refractivity contribution in [2.24, 2.45) is 0 Å². The first-order valence-electron chi connectivity index (χ1n) is 4.83. The van der Waals surface area contributed by atoms with Gasteiger partial charge >= 0.3 is 0 Å². The molecular weight excluding hydrogens is 308 g/mol. The number of hydrogen-bond donors (Lipinski definition) is 0. The highest BCUT2D eigenvalue weighted by molar-refractivity contribution is 9.10. The monoisotopic (exact) mass is 315 g/mol. The van der Waals surface area contributed by atoms with Crippen molar-refractivity contribution < 1.29 is 9.13 Å². The quantitative estimate of drug-likeness (QED) is 0.846. The van der Waals surface area contributed by atoms with Crippen molar-refractivity contribution in [3.8, 4) is 5.75 Å². The van der Waals surface area contributed by atoms with Gasteiger partial charge in [-0.25, -0.2) is 4.39 Å². The van der Waals surface area contributed by atoms with Crippen LogP contribution in [0.3, 0.4) is 0 Å². The Kier molecular flexibility index (Phi) is 3.97. The van der Waals surface area contributed by atoms with Crippen LogP contribution in [0.25, 0.3) is 0 Å². The summed E-state index contributed by atoms with van der Waals surface area (Å²) in [5.41, 5.74) is 0.689. The van der Waals surface area contributed by atoms with Gasteiger partial charge in [0, 0.05) is 17.3 Å². The number of rotatable bonds is 3. The largest absolute Gasteiger partial charge is 0.486 e. The van der Waals surface area contributed by atoms with Gasteiger partial charge in [0.1, 0.15) is 18.2 Å². The lowest BCUT2D eigenvalue weighted by molar-refractivity contribution is 0.298. The third-order valence-corrected chi connectivity index (χ3v) is 2.94. The van der Waals surface area contributed by atoms with Crippen molar-refractivity contribution in [3.63, 3.8) is 0 Å². The van der Waals surface area contributed by atoms with Crippen molar-refractivity contribution in [2.75, 3.05) is 0 Å². The van der Waals surface area contributed by atoms with Gasteiger partial charge in [0.25, 0.3) is 0 Å². The number of aromatic nitrogens is 1. The normalized spacial score (nSPS) is 10.3. The minimum atomic E-state index is -0.345.